The first-order chi connectivity index (χ1) is 6.06. The van der Waals surface area contributed by atoms with Crippen molar-refractivity contribution in [1.82, 2.24) is 0 Å². The minimum Gasteiger partial charge on any atom is -0.394 e. The lowest BCUT2D eigenvalue weighted by Gasteiger charge is -2.12. The van der Waals surface area contributed by atoms with E-state index in [1.54, 1.807) is 13.0 Å². The number of rotatable bonds is 2. The minimum absolute atomic E-state index is 0.163. The average molecular weight is 183 g/mol. The van der Waals surface area contributed by atoms with E-state index in [9.17, 15) is 4.39 Å². The third kappa shape index (κ3) is 2.05. The van der Waals surface area contributed by atoms with Gasteiger partial charge in [-0.25, -0.2) is 4.39 Å². The second-order valence-corrected chi connectivity index (χ2v) is 3.25. The van der Waals surface area contributed by atoms with Gasteiger partial charge in [0.15, 0.2) is 0 Å². The van der Waals surface area contributed by atoms with E-state index in [-0.39, 0.29) is 12.4 Å². The van der Waals surface area contributed by atoms with Gasteiger partial charge < -0.3 is 10.8 Å². The van der Waals surface area contributed by atoms with Gasteiger partial charge in [0.25, 0.3) is 0 Å². The Hall–Kier alpha value is -0.930. The summed E-state index contributed by atoms with van der Waals surface area (Å²) in [5, 5.41) is 8.83. The Kier molecular flexibility index (Phi) is 3.01. The van der Waals surface area contributed by atoms with Crippen LogP contribution in [0.5, 0.6) is 0 Å². The lowest BCUT2D eigenvalue weighted by atomic mass is 10.00. The lowest BCUT2D eigenvalue weighted by molar-refractivity contribution is 0.267. The molecular formula is C10H14FNO. The lowest BCUT2D eigenvalue weighted by Crippen LogP contribution is -2.16. The Morgan fingerprint density at radius 3 is 2.54 bits per heavy atom. The fraction of sp³-hybridized carbons (Fsp3) is 0.400. The average Bonchev–Trinajstić information content (AvgIpc) is 2.10. The van der Waals surface area contributed by atoms with Crippen molar-refractivity contribution in [2.45, 2.75) is 19.9 Å². The van der Waals surface area contributed by atoms with Gasteiger partial charge in [-0.2, -0.15) is 0 Å². The monoisotopic (exact) mass is 183 g/mol. The molecule has 3 heteroatoms. The van der Waals surface area contributed by atoms with Gasteiger partial charge in [-0.3, -0.25) is 0 Å². The molecule has 1 atom stereocenters. The van der Waals surface area contributed by atoms with Crippen molar-refractivity contribution < 1.29 is 9.50 Å². The molecule has 1 aromatic rings. The van der Waals surface area contributed by atoms with Gasteiger partial charge in [0.1, 0.15) is 5.82 Å². The minimum atomic E-state index is -0.491. The molecule has 0 fully saturated rings. The number of aliphatic hydroxyl groups is 1. The van der Waals surface area contributed by atoms with Crippen LogP contribution in [0.1, 0.15) is 22.7 Å². The smallest absolute Gasteiger partial charge is 0.126 e. The third-order valence-corrected chi connectivity index (χ3v) is 2.14. The molecule has 2 nitrogen and oxygen atoms in total. The Labute approximate surface area is 77.2 Å². The van der Waals surface area contributed by atoms with Crippen molar-refractivity contribution in [2.24, 2.45) is 5.73 Å². The summed E-state index contributed by atoms with van der Waals surface area (Å²) in [4.78, 5) is 0. The molecule has 1 unspecified atom stereocenters. The van der Waals surface area contributed by atoms with Crippen molar-refractivity contribution in [1.29, 1.82) is 0 Å². The van der Waals surface area contributed by atoms with Gasteiger partial charge in [-0.1, -0.05) is 6.07 Å². The van der Waals surface area contributed by atoms with E-state index in [1.165, 1.54) is 6.07 Å². The van der Waals surface area contributed by atoms with E-state index in [2.05, 4.69) is 0 Å². The van der Waals surface area contributed by atoms with Gasteiger partial charge in [0.2, 0.25) is 0 Å². The van der Waals surface area contributed by atoms with Crippen LogP contribution in [0.2, 0.25) is 0 Å². The Balaban J connectivity index is 3.15. The predicted molar refractivity (Wildman–Crippen MR) is 49.9 cm³/mol. The molecule has 0 heterocycles. The third-order valence-electron chi connectivity index (χ3n) is 2.14. The fourth-order valence-electron chi connectivity index (χ4n) is 1.34. The number of aryl methyl sites for hydroxylation is 2. The summed E-state index contributed by atoms with van der Waals surface area (Å²) in [6.07, 6.45) is 0. The SMILES string of the molecule is Cc1cc(C)c(C(N)CO)cc1F. The van der Waals surface area contributed by atoms with Gasteiger partial charge in [-0.15, -0.1) is 0 Å². The van der Waals surface area contributed by atoms with Crippen LogP contribution in [0.15, 0.2) is 12.1 Å². The maximum Gasteiger partial charge on any atom is 0.126 e. The van der Waals surface area contributed by atoms with Crippen LogP contribution in [-0.4, -0.2) is 11.7 Å². The van der Waals surface area contributed by atoms with Crippen LogP contribution < -0.4 is 5.73 Å². The van der Waals surface area contributed by atoms with Crippen molar-refractivity contribution in [3.05, 3.63) is 34.6 Å². The standard InChI is InChI=1S/C10H14FNO/c1-6-3-7(2)9(11)4-8(6)10(12)5-13/h3-4,10,13H,5,12H2,1-2H3. The molecule has 0 aliphatic rings. The normalized spacial score (nSPS) is 13.0. The summed E-state index contributed by atoms with van der Waals surface area (Å²) in [6.45, 7) is 3.40. The predicted octanol–water partition coefficient (Wildman–Crippen LogP) is 1.43. The second-order valence-electron chi connectivity index (χ2n) is 3.25. The molecule has 0 aromatic heterocycles. The van der Waals surface area contributed by atoms with Gasteiger partial charge in [0, 0.05) is 0 Å². The zero-order valence-corrected chi connectivity index (χ0v) is 7.84. The highest BCUT2D eigenvalue weighted by molar-refractivity contribution is 5.33. The van der Waals surface area contributed by atoms with Gasteiger partial charge in [-0.05, 0) is 36.6 Å². The van der Waals surface area contributed by atoms with Crippen molar-refractivity contribution in [2.75, 3.05) is 6.61 Å². The summed E-state index contributed by atoms with van der Waals surface area (Å²) >= 11 is 0. The summed E-state index contributed by atoms with van der Waals surface area (Å²) in [6, 6.07) is 2.64. The Bertz CT molecular complexity index is 312. The number of aliphatic hydroxyl groups excluding tert-OH is 1. The van der Waals surface area contributed by atoms with E-state index in [1.807, 2.05) is 6.92 Å². The van der Waals surface area contributed by atoms with Crippen LogP contribution >= 0.6 is 0 Å². The van der Waals surface area contributed by atoms with Crippen molar-refractivity contribution in [3.63, 3.8) is 0 Å². The highest BCUT2D eigenvalue weighted by Crippen LogP contribution is 2.19. The second kappa shape index (κ2) is 3.85. The molecule has 13 heavy (non-hydrogen) atoms. The zero-order valence-electron chi connectivity index (χ0n) is 7.84. The van der Waals surface area contributed by atoms with Gasteiger partial charge >= 0.3 is 0 Å². The molecule has 0 amide bonds. The topological polar surface area (TPSA) is 46.2 Å². The summed E-state index contributed by atoms with van der Waals surface area (Å²) in [7, 11) is 0. The summed E-state index contributed by atoms with van der Waals surface area (Å²) in [5.41, 5.74) is 7.79. The molecule has 0 aliphatic carbocycles. The van der Waals surface area contributed by atoms with E-state index < -0.39 is 6.04 Å². The quantitative estimate of drug-likeness (QED) is 0.728. The molecule has 0 radical (unpaired) electrons. The maximum atomic E-state index is 13.1. The van der Waals surface area contributed by atoms with Crippen LogP contribution in [-0.2, 0) is 0 Å². The number of benzene rings is 1. The van der Waals surface area contributed by atoms with E-state index in [0.29, 0.717) is 11.1 Å². The molecule has 72 valence electrons. The highest BCUT2D eigenvalue weighted by Gasteiger charge is 2.10. The van der Waals surface area contributed by atoms with Gasteiger partial charge in [0.05, 0.1) is 12.6 Å². The maximum absolute atomic E-state index is 13.1. The van der Waals surface area contributed by atoms with Crippen LogP contribution in [0.3, 0.4) is 0 Å². The van der Waals surface area contributed by atoms with Crippen molar-refractivity contribution in [3.8, 4) is 0 Å². The highest BCUT2D eigenvalue weighted by atomic mass is 19.1. The Morgan fingerprint density at radius 2 is 2.00 bits per heavy atom. The van der Waals surface area contributed by atoms with Crippen LogP contribution in [0.4, 0.5) is 4.39 Å². The van der Waals surface area contributed by atoms with Crippen LogP contribution in [0.25, 0.3) is 0 Å². The van der Waals surface area contributed by atoms with Crippen LogP contribution in [0, 0.1) is 19.7 Å². The number of hydrogen-bond acceptors (Lipinski definition) is 2. The Morgan fingerprint density at radius 1 is 1.38 bits per heavy atom. The molecular weight excluding hydrogens is 169 g/mol. The molecule has 1 rings (SSSR count). The van der Waals surface area contributed by atoms with E-state index in [4.69, 9.17) is 10.8 Å². The molecule has 1 aromatic carbocycles. The number of hydrogen-bond donors (Lipinski definition) is 2. The molecule has 0 saturated heterocycles. The van der Waals surface area contributed by atoms with Crippen molar-refractivity contribution >= 4 is 0 Å². The largest absolute Gasteiger partial charge is 0.394 e. The zero-order chi connectivity index (χ0) is 10.0. The first-order valence-electron chi connectivity index (χ1n) is 4.19. The summed E-state index contributed by atoms with van der Waals surface area (Å²) in [5.74, 6) is -0.274. The first kappa shape index (κ1) is 10.2. The molecule has 3 N–H and O–H groups in total. The number of nitrogens with two attached hydrogens (primary N) is 1. The first-order valence-corrected chi connectivity index (χ1v) is 4.19. The molecule has 0 saturated carbocycles. The van der Waals surface area contributed by atoms with E-state index >= 15 is 0 Å². The molecule has 0 spiro atoms. The summed E-state index contributed by atoms with van der Waals surface area (Å²) < 4.78 is 13.1. The molecule has 0 bridgehead atoms. The number of halogens is 1. The molecule has 0 aliphatic heterocycles. The van der Waals surface area contributed by atoms with E-state index in [0.717, 1.165) is 5.56 Å². The fourth-order valence-corrected chi connectivity index (χ4v) is 1.34.